The predicted octanol–water partition coefficient (Wildman–Crippen LogP) is 22.0. The van der Waals surface area contributed by atoms with Crippen molar-refractivity contribution < 1.29 is 56.8 Å². The van der Waals surface area contributed by atoms with Gasteiger partial charge in [0, 0.05) is 85.6 Å². The van der Waals surface area contributed by atoms with Crippen LogP contribution in [-0.2, 0) is 72.2 Å². The molecule has 3 saturated heterocycles. The van der Waals surface area contributed by atoms with Gasteiger partial charge in [0.2, 0.25) is 17.8 Å². The van der Waals surface area contributed by atoms with E-state index >= 15 is 0 Å². The number of nitrogens with zero attached hydrogens (tertiary/aromatic N) is 9. The van der Waals surface area contributed by atoms with Crippen molar-refractivity contribution in [2.45, 2.75) is 276 Å². The third-order valence-electron chi connectivity index (χ3n) is 27.1. The molecule has 3 aromatic heterocycles. The molecule has 3 spiro atoms. The first-order chi connectivity index (χ1) is 68.1. The number of nitrogens with one attached hydrogen (secondary N) is 3. The standard InChI is InChI=1S/C40H54N4O5S.C29H33IN4O3.C29H34N4O3S.C11H22O2S.CH3F.FH/c1-6-8-14-29(7-2)28-48-34(45)19-24-50-33-26-41-37(44(36(33)46)27-30-15-10-9-11-16-30)43-22-20-40(21-23-43)25-31-17-12-13-18-32(31)35(40)42-38(47)49-39(3,4)5;1-28(2,3)37-27(36)32-24-22-12-8-7-11-21(22)17-29(24)13-15-33(16-14-29)26-31-18-23(30)25(35)34(26)19-20-9-5-4-6-10-20;1-28(2,3)36-27(35)31-24-22-12-8-7-11-21(22)17-29(24)13-15-32(16-14-29)26-30-18-23(37)25(34)33(26)19-20-9-5-4-6-10-20;1-3-5-6-10(4-2)9-13-11(12)7-8-14;1-2;/h9-13,15-18,26,29,35H,6-8,14,19-25,27-28H2,1-5H3,(H,42,47);4-12,18,24H,13-17,19H2,1-3H3,(H,32,36);4-12,18,24,37H,13-17,19H2,1-3H3,(H,31,35);10,14H,3-9H2,1-2H3;1H3;1H/t29?,35-;2*24-;;;/m111.../s1/i/hT. The third kappa shape index (κ3) is 31.1. The fraction of sp³-hybridized carbons (Fsp3) is 0.518. The molecule has 6 heterocycles. The minimum atomic E-state index is -0.591. The Morgan fingerprint density at radius 3 is 1.11 bits per heavy atom. The van der Waals surface area contributed by atoms with E-state index in [4.69, 9.17) is 38.4 Å². The first kappa shape index (κ1) is 111. The van der Waals surface area contributed by atoms with Gasteiger partial charge >= 0.3 is 30.2 Å². The topological polar surface area (TPSA) is 282 Å². The van der Waals surface area contributed by atoms with Gasteiger partial charge in [0.15, 0.2) is 0 Å². The summed E-state index contributed by atoms with van der Waals surface area (Å²) in [5.74, 6) is 3.63. The van der Waals surface area contributed by atoms with Crippen LogP contribution in [0.15, 0.2) is 207 Å². The second-order valence-electron chi connectivity index (χ2n) is 40.6. The number of unbranched alkanes of at least 4 members (excludes halogenated alkanes) is 2. The molecule has 15 rings (SSSR count). The maximum Gasteiger partial charge on any atom is 0.408 e. The molecule has 0 bridgehead atoms. The van der Waals surface area contributed by atoms with Crippen LogP contribution >= 0.6 is 59.6 Å². The van der Waals surface area contributed by atoms with Crippen LogP contribution in [0.1, 0.15) is 261 Å². The van der Waals surface area contributed by atoms with Crippen LogP contribution in [0, 0.1) is 31.7 Å². The zero-order valence-electron chi connectivity index (χ0n) is 85.6. The molecule has 9 aromatic rings. The van der Waals surface area contributed by atoms with Crippen LogP contribution in [0.4, 0.5) is 41.3 Å². The molecule has 3 amide bonds. The number of carbonyl (C=O) groups is 5. The number of amides is 3. The Labute approximate surface area is 861 Å². The highest BCUT2D eigenvalue weighted by Gasteiger charge is 2.53. The van der Waals surface area contributed by atoms with Gasteiger partial charge in [-0.3, -0.25) is 46.8 Å². The number of esters is 2. The normalized spacial score (nSPS) is 17.2. The fourth-order valence-electron chi connectivity index (χ4n) is 19.9. The van der Waals surface area contributed by atoms with E-state index in [0.717, 1.165) is 138 Å². The van der Waals surface area contributed by atoms with Gasteiger partial charge in [-0.05, 0) is 217 Å². The molecule has 141 heavy (non-hydrogen) atoms. The molecular weight excluding hydrogens is 1960 g/mol. The van der Waals surface area contributed by atoms with Gasteiger partial charge in [-0.2, -0.15) is 12.6 Å². The summed E-state index contributed by atoms with van der Waals surface area (Å²) < 4.78 is 56.0. The van der Waals surface area contributed by atoms with Crippen LogP contribution in [0.5, 0.6) is 0 Å². The van der Waals surface area contributed by atoms with E-state index in [1.807, 2.05) is 172 Å². The van der Waals surface area contributed by atoms with Gasteiger partial charge in [-0.15, -0.1) is 24.4 Å². The molecule has 3 aliphatic carbocycles. The number of rotatable bonds is 30. The number of thiol groups is 2. The number of hydrogen-bond donors (Lipinski definition) is 5. The smallest absolute Gasteiger partial charge is 0.408 e. The monoisotopic (exact) mass is 2110 g/mol. The van der Waals surface area contributed by atoms with Gasteiger partial charge in [-0.1, -0.05) is 230 Å². The molecule has 3 N–H and O–H groups in total. The van der Waals surface area contributed by atoms with Crippen LogP contribution in [-0.4, -0.2) is 148 Å². The molecule has 2 unspecified atom stereocenters. The fourth-order valence-corrected chi connectivity index (χ4v) is 21.5. The van der Waals surface area contributed by atoms with Crippen LogP contribution < -0.4 is 47.3 Å². The lowest BCUT2D eigenvalue weighted by atomic mass is 9.73. The summed E-state index contributed by atoms with van der Waals surface area (Å²) in [7, 11) is 0.500. The van der Waals surface area contributed by atoms with E-state index in [1.165, 1.54) is 58.8 Å². The Morgan fingerprint density at radius 1 is 0.468 bits per heavy atom. The molecule has 0 saturated carbocycles. The summed E-state index contributed by atoms with van der Waals surface area (Å²) in [4.78, 5) is 124. The van der Waals surface area contributed by atoms with E-state index < -0.39 is 29.0 Å². The van der Waals surface area contributed by atoms with E-state index in [-0.39, 0.29) is 75.5 Å². The van der Waals surface area contributed by atoms with Crippen LogP contribution in [0.3, 0.4) is 0 Å². The first-order valence-corrected chi connectivity index (χ1v) is 52.9. The number of aromatic nitrogens is 6. The molecular formula is C110H147F2IN12O13S3. The van der Waals surface area contributed by atoms with Crippen molar-refractivity contribution in [3.63, 3.8) is 0 Å². The Bertz CT molecular complexity index is 5540. The minimum Gasteiger partial charge on any atom is -0.465 e. The van der Waals surface area contributed by atoms with Gasteiger partial charge in [0.05, 0.1) is 84.4 Å². The predicted molar refractivity (Wildman–Crippen MR) is 572 cm³/mol. The number of ether oxygens (including phenoxy) is 5. The van der Waals surface area contributed by atoms with Gasteiger partial charge < -0.3 is 54.3 Å². The average molecular weight is 2110 g/mol. The molecule has 6 aliphatic rings. The second kappa shape index (κ2) is 52.8. The maximum absolute atomic E-state index is 14.1. The number of halogens is 3. The highest BCUT2D eigenvalue weighted by Crippen LogP contribution is 2.56. The minimum absolute atomic E-state index is 0.0209. The second-order valence-corrected chi connectivity index (χ2v) is 43.8. The summed E-state index contributed by atoms with van der Waals surface area (Å²) in [5, 5.41) is 9.66. The van der Waals surface area contributed by atoms with Crippen molar-refractivity contribution in [2.75, 3.05) is 85.9 Å². The summed E-state index contributed by atoms with van der Waals surface area (Å²) in [6.07, 6.45) is 21.2. The number of hydrogen-bond acceptors (Lipinski definition) is 22. The first-order valence-electron chi connectivity index (χ1n) is 50.1. The van der Waals surface area contributed by atoms with E-state index in [2.05, 4.69) is 167 Å². The van der Waals surface area contributed by atoms with Crippen molar-refractivity contribution in [3.05, 3.63) is 267 Å². The number of alkyl halides is 1. The molecule has 31 heteroatoms. The number of carbonyl (C=O) groups excluding carboxylic acids is 5. The Morgan fingerprint density at radius 2 is 0.780 bits per heavy atom. The summed E-state index contributed by atoms with van der Waals surface area (Å²) in [6.45, 7) is 32.2. The van der Waals surface area contributed by atoms with Crippen molar-refractivity contribution in [2.24, 2.45) is 28.1 Å². The van der Waals surface area contributed by atoms with Crippen LogP contribution in [0.25, 0.3) is 0 Å². The molecule has 3 fully saturated rings. The molecule has 25 nitrogen and oxygen atoms in total. The van der Waals surface area contributed by atoms with E-state index in [0.29, 0.717) is 114 Å². The Hall–Kier alpha value is -10.3. The van der Waals surface area contributed by atoms with Crippen molar-refractivity contribution >= 4 is 108 Å². The lowest BCUT2D eigenvalue weighted by Crippen LogP contribution is -2.49. The molecule has 3 aliphatic heterocycles. The van der Waals surface area contributed by atoms with Crippen molar-refractivity contribution in [1.29, 1.82) is 1.45 Å². The number of thioether (sulfide) groups is 1. The van der Waals surface area contributed by atoms with E-state index in [1.54, 1.807) is 32.3 Å². The number of piperidine rings is 3. The molecule has 5 atom stereocenters. The number of alkyl carbamates (subject to hydrolysis) is 3. The SMILES string of the molecule is CC(C)(C)OC(=O)N[C@@H]1c2ccccc2CC12CCN(c1ncc(I)c(=O)n1Cc1ccccc1)CC2.CC(C)(C)OC(=O)N[C@@H]1c2ccccc2CC12CCN(c1ncc(S)c(=O)n1Cc1ccccc1)CC2.CCCCC(CC)COC(=O)CCS.CCCCC(CC)COC(=O)CCSc1cnc(N2CCC3(CC2)Cc2ccccc2[C@H]3NC(=O)OC(C)(C)C)n(Cc2ccccc2)c1=O.CF.[3H]F. The number of benzene rings is 6. The maximum atomic E-state index is 14.1. The largest absolute Gasteiger partial charge is 0.465 e. The number of anilines is 3. The zero-order valence-corrected chi connectivity index (χ0v) is 89.4. The Balaban J connectivity index is 0.000000204. The van der Waals surface area contributed by atoms with Gasteiger partial charge in [-0.25, -0.2) is 29.3 Å². The highest BCUT2D eigenvalue weighted by atomic mass is 127. The zero-order chi connectivity index (χ0) is 103. The molecule has 0 radical (unpaired) electrons. The Kier molecular flexibility index (Phi) is 41.6. The van der Waals surface area contributed by atoms with E-state index in [9.17, 15) is 42.7 Å². The van der Waals surface area contributed by atoms with Gasteiger partial charge in [0.1, 0.15) is 16.8 Å². The van der Waals surface area contributed by atoms with Crippen molar-refractivity contribution in [1.82, 2.24) is 44.6 Å². The summed E-state index contributed by atoms with van der Waals surface area (Å²) in [6, 6.07) is 54.6. The lowest BCUT2D eigenvalue weighted by molar-refractivity contribution is -0.145. The molecule has 6 aromatic carbocycles. The van der Waals surface area contributed by atoms with Gasteiger partial charge in [0.25, 0.3) is 18.1 Å². The highest BCUT2D eigenvalue weighted by molar-refractivity contribution is 14.1. The summed E-state index contributed by atoms with van der Waals surface area (Å²) >= 11 is 11.8. The molecule has 764 valence electrons. The lowest BCUT2D eigenvalue weighted by Gasteiger charge is -2.44. The summed E-state index contributed by atoms with van der Waals surface area (Å²) in [5.41, 5.74) is 8.04. The van der Waals surface area contributed by atoms with Crippen molar-refractivity contribution in [3.8, 4) is 0 Å². The average Bonchev–Trinajstić information content (AvgIpc) is 1.59. The number of fused-ring (bicyclic) bond motifs is 3. The quantitative estimate of drug-likeness (QED) is 0.00919. The third-order valence-corrected chi connectivity index (χ3v) is 29.4. The van der Waals surface area contributed by atoms with Crippen LogP contribution in [0.2, 0.25) is 0 Å².